The predicted molar refractivity (Wildman–Crippen MR) is 104 cm³/mol. The Labute approximate surface area is 162 Å². The van der Waals surface area contributed by atoms with Gasteiger partial charge in [-0.15, -0.1) is 0 Å². The summed E-state index contributed by atoms with van der Waals surface area (Å²) >= 11 is 11.8. The van der Waals surface area contributed by atoms with E-state index in [2.05, 4.69) is 22.8 Å². The van der Waals surface area contributed by atoms with Crippen molar-refractivity contribution < 1.29 is 9.59 Å². The third kappa shape index (κ3) is 4.57. The van der Waals surface area contributed by atoms with Gasteiger partial charge in [-0.3, -0.25) is 9.59 Å². The number of halogens is 2. The van der Waals surface area contributed by atoms with E-state index in [1.54, 1.807) is 12.1 Å². The Balaban J connectivity index is 1.49. The standard InChI is InChI=1S/C20H20Cl2N2O2/c21-16-9-8-14(12-17(16)22)20(26)23-11-10-19(25)24-18-7-3-5-13-4-1-2-6-15(13)18/h1-2,4,6,8-9,12,18H,3,5,7,10-11H2,(H,23,26)(H,24,25)/t18-/m1/s1. The lowest BCUT2D eigenvalue weighted by molar-refractivity contribution is -0.121. The fraction of sp³-hybridized carbons (Fsp3) is 0.300. The molecular weight excluding hydrogens is 371 g/mol. The van der Waals surface area contributed by atoms with E-state index in [1.807, 2.05) is 12.1 Å². The van der Waals surface area contributed by atoms with Crippen LogP contribution in [0.1, 0.15) is 46.8 Å². The zero-order valence-electron chi connectivity index (χ0n) is 14.2. The normalized spacial score (nSPS) is 15.8. The van der Waals surface area contributed by atoms with Crippen molar-refractivity contribution in [1.29, 1.82) is 0 Å². The van der Waals surface area contributed by atoms with Crippen LogP contribution in [0.5, 0.6) is 0 Å². The van der Waals surface area contributed by atoms with Crippen LogP contribution in [0.15, 0.2) is 42.5 Å². The second-order valence-electron chi connectivity index (χ2n) is 6.35. The summed E-state index contributed by atoms with van der Waals surface area (Å²) in [7, 11) is 0. The van der Waals surface area contributed by atoms with E-state index >= 15 is 0 Å². The number of carbonyl (C=O) groups excluding carboxylic acids is 2. The summed E-state index contributed by atoms with van der Waals surface area (Å²) in [5.74, 6) is -0.347. The molecule has 0 spiro atoms. The third-order valence-electron chi connectivity index (χ3n) is 4.52. The first-order valence-corrected chi connectivity index (χ1v) is 9.40. The molecule has 1 aliphatic carbocycles. The van der Waals surface area contributed by atoms with Crippen LogP contribution in [-0.2, 0) is 11.2 Å². The summed E-state index contributed by atoms with van der Waals surface area (Å²) in [6.45, 7) is 0.263. The van der Waals surface area contributed by atoms with Gasteiger partial charge in [0.05, 0.1) is 16.1 Å². The van der Waals surface area contributed by atoms with Gasteiger partial charge < -0.3 is 10.6 Å². The molecule has 2 amide bonds. The lowest BCUT2D eigenvalue weighted by Gasteiger charge is -2.26. The maximum atomic E-state index is 12.2. The number of nitrogens with one attached hydrogen (secondary N) is 2. The van der Waals surface area contributed by atoms with Crippen molar-refractivity contribution >= 4 is 35.0 Å². The lowest BCUT2D eigenvalue weighted by Crippen LogP contribution is -2.34. The zero-order valence-corrected chi connectivity index (χ0v) is 15.7. The van der Waals surface area contributed by atoms with Crippen molar-refractivity contribution in [3.8, 4) is 0 Å². The highest BCUT2D eigenvalue weighted by Crippen LogP contribution is 2.29. The summed E-state index contributed by atoms with van der Waals surface area (Å²) < 4.78 is 0. The van der Waals surface area contributed by atoms with Crippen molar-refractivity contribution in [2.24, 2.45) is 0 Å². The number of hydrogen-bond donors (Lipinski definition) is 2. The first-order valence-electron chi connectivity index (χ1n) is 8.65. The molecule has 0 saturated carbocycles. The van der Waals surface area contributed by atoms with E-state index in [9.17, 15) is 9.59 Å². The summed E-state index contributed by atoms with van der Waals surface area (Å²) in [5, 5.41) is 6.53. The maximum absolute atomic E-state index is 12.2. The molecule has 2 aromatic carbocycles. The Bertz CT molecular complexity index is 823. The van der Waals surface area contributed by atoms with Gasteiger partial charge in [0, 0.05) is 18.5 Å². The van der Waals surface area contributed by atoms with Crippen LogP contribution in [0.2, 0.25) is 10.0 Å². The molecule has 1 atom stereocenters. The van der Waals surface area contributed by atoms with Gasteiger partial charge in [0.1, 0.15) is 0 Å². The molecule has 0 aromatic heterocycles. The van der Waals surface area contributed by atoms with Gasteiger partial charge in [0.2, 0.25) is 5.91 Å². The third-order valence-corrected chi connectivity index (χ3v) is 5.26. The van der Waals surface area contributed by atoms with Gasteiger partial charge >= 0.3 is 0 Å². The van der Waals surface area contributed by atoms with E-state index in [1.165, 1.54) is 17.2 Å². The lowest BCUT2D eigenvalue weighted by atomic mass is 9.88. The van der Waals surface area contributed by atoms with Crippen LogP contribution in [0, 0.1) is 0 Å². The van der Waals surface area contributed by atoms with E-state index in [0.717, 1.165) is 19.3 Å². The average molecular weight is 391 g/mol. The van der Waals surface area contributed by atoms with Gasteiger partial charge in [-0.05, 0) is 48.6 Å². The number of carbonyl (C=O) groups is 2. The number of amides is 2. The molecule has 136 valence electrons. The molecule has 0 saturated heterocycles. The van der Waals surface area contributed by atoms with Crippen LogP contribution >= 0.6 is 23.2 Å². The maximum Gasteiger partial charge on any atom is 0.251 e. The molecule has 0 unspecified atom stereocenters. The quantitative estimate of drug-likeness (QED) is 0.798. The zero-order chi connectivity index (χ0) is 18.5. The Morgan fingerprint density at radius 3 is 2.69 bits per heavy atom. The van der Waals surface area contributed by atoms with Crippen LogP contribution in [-0.4, -0.2) is 18.4 Å². The number of fused-ring (bicyclic) bond motifs is 1. The van der Waals surface area contributed by atoms with E-state index < -0.39 is 0 Å². The summed E-state index contributed by atoms with van der Waals surface area (Å²) in [6, 6.07) is 13.0. The fourth-order valence-electron chi connectivity index (χ4n) is 3.20. The fourth-order valence-corrected chi connectivity index (χ4v) is 3.50. The van der Waals surface area contributed by atoms with Gasteiger partial charge in [-0.2, -0.15) is 0 Å². The number of hydrogen-bond acceptors (Lipinski definition) is 2. The van der Waals surface area contributed by atoms with Crippen molar-refractivity contribution in [2.75, 3.05) is 6.54 Å². The SMILES string of the molecule is O=C(CCNC(=O)c1ccc(Cl)c(Cl)c1)N[C@@H]1CCCc2ccccc21. The molecule has 1 aliphatic rings. The first kappa shape index (κ1) is 18.7. The summed E-state index contributed by atoms with van der Waals surface area (Å²) in [4.78, 5) is 24.3. The molecule has 6 heteroatoms. The van der Waals surface area contributed by atoms with Crippen LogP contribution in [0.25, 0.3) is 0 Å². The molecule has 0 fully saturated rings. The molecule has 0 bridgehead atoms. The number of rotatable bonds is 5. The minimum absolute atomic E-state index is 0.0539. The second-order valence-corrected chi connectivity index (χ2v) is 7.16. The molecule has 3 rings (SSSR count). The molecule has 4 nitrogen and oxygen atoms in total. The van der Waals surface area contributed by atoms with E-state index in [4.69, 9.17) is 23.2 Å². The van der Waals surface area contributed by atoms with Gasteiger partial charge in [-0.25, -0.2) is 0 Å². The highest BCUT2D eigenvalue weighted by molar-refractivity contribution is 6.42. The molecule has 2 N–H and O–H groups in total. The van der Waals surface area contributed by atoms with Crippen molar-refractivity contribution in [2.45, 2.75) is 31.7 Å². The Morgan fingerprint density at radius 2 is 1.88 bits per heavy atom. The minimum Gasteiger partial charge on any atom is -0.352 e. The monoisotopic (exact) mass is 390 g/mol. The number of benzene rings is 2. The smallest absolute Gasteiger partial charge is 0.251 e. The van der Waals surface area contributed by atoms with E-state index in [-0.39, 0.29) is 30.8 Å². The van der Waals surface area contributed by atoms with Crippen LogP contribution in [0.4, 0.5) is 0 Å². The molecular formula is C20H20Cl2N2O2. The molecule has 26 heavy (non-hydrogen) atoms. The Morgan fingerprint density at radius 1 is 1.08 bits per heavy atom. The van der Waals surface area contributed by atoms with Gasteiger partial charge in [0.15, 0.2) is 0 Å². The van der Waals surface area contributed by atoms with Crippen LogP contribution < -0.4 is 10.6 Å². The average Bonchev–Trinajstić information content (AvgIpc) is 2.64. The van der Waals surface area contributed by atoms with Gasteiger partial charge in [0.25, 0.3) is 5.91 Å². The highest BCUT2D eigenvalue weighted by Gasteiger charge is 2.21. The minimum atomic E-state index is -0.278. The molecule has 0 aliphatic heterocycles. The summed E-state index contributed by atoms with van der Waals surface area (Å²) in [6.07, 6.45) is 3.29. The van der Waals surface area contributed by atoms with Crippen LogP contribution in [0.3, 0.4) is 0 Å². The predicted octanol–water partition coefficient (Wildman–Crippen LogP) is 4.31. The van der Waals surface area contributed by atoms with Crippen molar-refractivity contribution in [3.63, 3.8) is 0 Å². The van der Waals surface area contributed by atoms with Crippen molar-refractivity contribution in [3.05, 3.63) is 69.2 Å². The highest BCUT2D eigenvalue weighted by atomic mass is 35.5. The first-order chi connectivity index (χ1) is 12.5. The number of aryl methyl sites for hydroxylation is 1. The Kier molecular flexibility index (Phi) is 6.17. The van der Waals surface area contributed by atoms with E-state index in [0.29, 0.717) is 15.6 Å². The summed E-state index contributed by atoms with van der Waals surface area (Å²) in [5.41, 5.74) is 2.92. The van der Waals surface area contributed by atoms with Gasteiger partial charge in [-0.1, -0.05) is 47.5 Å². The largest absolute Gasteiger partial charge is 0.352 e. The molecule has 0 radical (unpaired) electrons. The molecule has 2 aromatic rings. The topological polar surface area (TPSA) is 58.2 Å². The molecule has 0 heterocycles. The second kappa shape index (κ2) is 8.56. The van der Waals surface area contributed by atoms with Crippen molar-refractivity contribution in [1.82, 2.24) is 10.6 Å². The Hall–Kier alpha value is -2.04.